The maximum atomic E-state index is 11.8. The molecule has 1 rings (SSSR count). The standard InChI is InChI=1S/C19H26O6/c1-14(18(20)23-3)17(19(21)24-4)7-5-6-12-25-13-15-8-10-16(22-2)11-9-15/h7-11,14H,5-6,12-13H2,1-4H3/b17-7+. The number of methoxy groups -OCH3 is 3. The van der Waals surface area contributed by atoms with Crippen molar-refractivity contribution in [3.63, 3.8) is 0 Å². The second-order valence-corrected chi connectivity index (χ2v) is 5.44. The fourth-order valence-electron chi connectivity index (χ4n) is 2.21. The number of rotatable bonds is 10. The van der Waals surface area contributed by atoms with E-state index in [1.54, 1.807) is 20.1 Å². The van der Waals surface area contributed by atoms with Gasteiger partial charge in [0.1, 0.15) is 5.75 Å². The Kier molecular flexibility index (Phi) is 9.32. The van der Waals surface area contributed by atoms with Crippen molar-refractivity contribution in [2.75, 3.05) is 27.9 Å². The van der Waals surface area contributed by atoms with Crippen LogP contribution in [0.15, 0.2) is 35.9 Å². The summed E-state index contributed by atoms with van der Waals surface area (Å²) in [5.74, 6) is -0.828. The summed E-state index contributed by atoms with van der Waals surface area (Å²) >= 11 is 0. The van der Waals surface area contributed by atoms with Gasteiger partial charge in [0, 0.05) is 12.2 Å². The van der Waals surface area contributed by atoms with E-state index >= 15 is 0 Å². The number of ether oxygens (including phenoxy) is 4. The number of benzene rings is 1. The van der Waals surface area contributed by atoms with Crippen molar-refractivity contribution in [3.05, 3.63) is 41.5 Å². The van der Waals surface area contributed by atoms with Crippen LogP contribution in [-0.4, -0.2) is 39.9 Å². The third-order valence-electron chi connectivity index (χ3n) is 3.73. The van der Waals surface area contributed by atoms with Crippen molar-refractivity contribution in [3.8, 4) is 5.75 Å². The first-order chi connectivity index (χ1) is 12.0. The van der Waals surface area contributed by atoms with E-state index in [1.165, 1.54) is 14.2 Å². The number of esters is 2. The normalized spacial score (nSPS) is 12.4. The molecule has 0 aromatic heterocycles. The molecule has 0 radical (unpaired) electrons. The van der Waals surface area contributed by atoms with E-state index in [-0.39, 0.29) is 0 Å². The zero-order valence-corrected chi connectivity index (χ0v) is 15.2. The molecule has 1 aromatic carbocycles. The van der Waals surface area contributed by atoms with Gasteiger partial charge in [-0.05, 0) is 37.5 Å². The molecular weight excluding hydrogens is 324 g/mol. The summed E-state index contributed by atoms with van der Waals surface area (Å²) < 4.78 is 20.1. The Hall–Kier alpha value is -2.34. The third-order valence-corrected chi connectivity index (χ3v) is 3.73. The van der Waals surface area contributed by atoms with E-state index in [2.05, 4.69) is 4.74 Å². The zero-order valence-electron chi connectivity index (χ0n) is 15.2. The van der Waals surface area contributed by atoms with Crippen LogP contribution in [-0.2, 0) is 30.4 Å². The second kappa shape index (κ2) is 11.3. The number of carbonyl (C=O) groups excluding carboxylic acids is 2. The molecular formula is C19H26O6. The Morgan fingerprint density at radius 1 is 1.08 bits per heavy atom. The Balaban J connectivity index is 2.42. The smallest absolute Gasteiger partial charge is 0.334 e. The van der Waals surface area contributed by atoms with Gasteiger partial charge < -0.3 is 18.9 Å². The van der Waals surface area contributed by atoms with Gasteiger partial charge in [-0.3, -0.25) is 4.79 Å². The Labute approximate surface area is 148 Å². The van der Waals surface area contributed by atoms with Crippen molar-refractivity contribution in [2.24, 2.45) is 5.92 Å². The first-order valence-electron chi connectivity index (χ1n) is 8.10. The van der Waals surface area contributed by atoms with Gasteiger partial charge >= 0.3 is 11.9 Å². The minimum atomic E-state index is -0.655. The van der Waals surface area contributed by atoms with Crippen LogP contribution < -0.4 is 4.74 Å². The lowest BCUT2D eigenvalue weighted by Crippen LogP contribution is -2.21. The number of hydrogen-bond acceptors (Lipinski definition) is 6. The van der Waals surface area contributed by atoms with Crippen molar-refractivity contribution >= 4 is 11.9 Å². The van der Waals surface area contributed by atoms with E-state index in [0.717, 1.165) is 17.7 Å². The molecule has 0 aliphatic rings. The molecule has 6 heteroatoms. The van der Waals surface area contributed by atoms with Crippen molar-refractivity contribution in [1.82, 2.24) is 0 Å². The van der Waals surface area contributed by atoms with Crippen molar-refractivity contribution in [1.29, 1.82) is 0 Å². The zero-order chi connectivity index (χ0) is 18.7. The second-order valence-electron chi connectivity index (χ2n) is 5.44. The molecule has 0 saturated carbocycles. The maximum absolute atomic E-state index is 11.8. The van der Waals surface area contributed by atoms with E-state index in [1.807, 2.05) is 24.3 Å². The van der Waals surface area contributed by atoms with Crippen LogP contribution in [0.4, 0.5) is 0 Å². The molecule has 0 aliphatic heterocycles. The molecule has 1 unspecified atom stereocenters. The molecule has 1 atom stereocenters. The summed E-state index contributed by atoms with van der Waals surface area (Å²) in [5, 5.41) is 0. The summed E-state index contributed by atoms with van der Waals surface area (Å²) in [6, 6.07) is 7.68. The molecule has 6 nitrogen and oxygen atoms in total. The Morgan fingerprint density at radius 2 is 1.76 bits per heavy atom. The first-order valence-corrected chi connectivity index (χ1v) is 8.10. The van der Waals surface area contributed by atoms with E-state index in [4.69, 9.17) is 14.2 Å². The highest BCUT2D eigenvalue weighted by Gasteiger charge is 2.24. The minimum absolute atomic E-state index is 0.310. The third kappa shape index (κ3) is 6.97. The van der Waals surface area contributed by atoms with Crippen LogP contribution in [0.2, 0.25) is 0 Å². The van der Waals surface area contributed by atoms with Gasteiger partial charge in [0.15, 0.2) is 0 Å². The van der Waals surface area contributed by atoms with E-state index in [9.17, 15) is 9.59 Å². The average molecular weight is 350 g/mol. The quantitative estimate of drug-likeness (QED) is 0.367. The highest BCUT2D eigenvalue weighted by atomic mass is 16.5. The van der Waals surface area contributed by atoms with Gasteiger partial charge in [0.2, 0.25) is 0 Å². The molecule has 25 heavy (non-hydrogen) atoms. The largest absolute Gasteiger partial charge is 0.497 e. The number of carbonyl (C=O) groups is 2. The lowest BCUT2D eigenvalue weighted by atomic mass is 10.00. The summed E-state index contributed by atoms with van der Waals surface area (Å²) in [7, 11) is 4.21. The monoisotopic (exact) mass is 350 g/mol. The number of allylic oxidation sites excluding steroid dienone is 1. The summed E-state index contributed by atoms with van der Waals surface area (Å²) in [5.41, 5.74) is 1.37. The fraction of sp³-hybridized carbons (Fsp3) is 0.474. The van der Waals surface area contributed by atoms with Gasteiger partial charge in [0.05, 0.1) is 33.9 Å². The van der Waals surface area contributed by atoms with Gasteiger partial charge in [-0.25, -0.2) is 4.79 Å². The van der Waals surface area contributed by atoms with Crippen LogP contribution in [0.1, 0.15) is 25.3 Å². The summed E-state index contributed by atoms with van der Waals surface area (Å²) in [4.78, 5) is 23.4. The highest BCUT2D eigenvalue weighted by Crippen LogP contribution is 2.16. The molecule has 0 saturated heterocycles. The fourth-order valence-corrected chi connectivity index (χ4v) is 2.21. The van der Waals surface area contributed by atoms with Gasteiger partial charge in [-0.1, -0.05) is 18.2 Å². The SMILES string of the molecule is COC(=O)/C(=C/CCCOCc1ccc(OC)cc1)C(C)C(=O)OC. The molecule has 138 valence electrons. The highest BCUT2D eigenvalue weighted by molar-refractivity contribution is 5.95. The van der Waals surface area contributed by atoms with Crippen molar-refractivity contribution in [2.45, 2.75) is 26.4 Å². The average Bonchev–Trinajstić information content (AvgIpc) is 2.66. The van der Waals surface area contributed by atoms with Crippen LogP contribution in [0.3, 0.4) is 0 Å². The predicted molar refractivity (Wildman–Crippen MR) is 93.2 cm³/mol. The van der Waals surface area contributed by atoms with Crippen LogP contribution in [0.5, 0.6) is 5.75 Å². The van der Waals surface area contributed by atoms with Gasteiger partial charge in [-0.15, -0.1) is 0 Å². The molecule has 0 aliphatic carbocycles. The van der Waals surface area contributed by atoms with Crippen LogP contribution in [0.25, 0.3) is 0 Å². The first kappa shape index (κ1) is 20.7. The number of unbranched alkanes of at least 4 members (excludes halogenated alkanes) is 1. The van der Waals surface area contributed by atoms with E-state index < -0.39 is 17.9 Å². The van der Waals surface area contributed by atoms with Crippen LogP contribution >= 0.6 is 0 Å². The molecule has 0 amide bonds. The molecule has 0 heterocycles. The maximum Gasteiger partial charge on any atom is 0.334 e. The lowest BCUT2D eigenvalue weighted by Gasteiger charge is -2.12. The minimum Gasteiger partial charge on any atom is -0.497 e. The summed E-state index contributed by atoms with van der Waals surface area (Å²) in [6.07, 6.45) is 3.04. The Bertz CT molecular complexity index is 576. The van der Waals surface area contributed by atoms with Gasteiger partial charge in [0.25, 0.3) is 0 Å². The van der Waals surface area contributed by atoms with Crippen molar-refractivity contribution < 1.29 is 28.5 Å². The van der Waals surface area contributed by atoms with E-state index in [0.29, 0.717) is 25.2 Å². The number of hydrogen-bond donors (Lipinski definition) is 0. The molecule has 0 bridgehead atoms. The van der Waals surface area contributed by atoms with Crippen LogP contribution in [0, 0.1) is 5.92 Å². The molecule has 0 spiro atoms. The van der Waals surface area contributed by atoms with Gasteiger partial charge in [-0.2, -0.15) is 0 Å². The molecule has 1 aromatic rings. The predicted octanol–water partition coefficient (Wildman–Crippen LogP) is 2.90. The summed E-state index contributed by atoms with van der Waals surface area (Å²) in [6.45, 7) is 2.68. The molecule has 0 fully saturated rings. The Morgan fingerprint density at radius 3 is 2.32 bits per heavy atom. The molecule has 0 N–H and O–H groups in total. The lowest BCUT2D eigenvalue weighted by molar-refractivity contribution is -0.146. The topological polar surface area (TPSA) is 71.1 Å².